The van der Waals surface area contributed by atoms with Gasteiger partial charge in [0.05, 0.1) is 6.10 Å². The second-order valence-electron chi connectivity index (χ2n) is 7.36. The molecule has 2 heteroatoms. The second kappa shape index (κ2) is 5.92. The first kappa shape index (κ1) is 14.3. The number of likely N-dealkylation sites (N-methyl/N-ethyl adjacent to an activating group) is 1. The van der Waals surface area contributed by atoms with E-state index in [4.69, 9.17) is 4.74 Å². The first-order chi connectivity index (χ1) is 8.50. The van der Waals surface area contributed by atoms with E-state index in [1.165, 1.54) is 32.1 Å². The van der Waals surface area contributed by atoms with Gasteiger partial charge in [0.25, 0.3) is 0 Å². The highest BCUT2D eigenvalue weighted by atomic mass is 16.5. The highest BCUT2D eigenvalue weighted by Crippen LogP contribution is 2.39. The van der Waals surface area contributed by atoms with Crippen LogP contribution < -0.4 is 5.32 Å². The molecular weight excluding hydrogens is 222 g/mol. The van der Waals surface area contributed by atoms with Gasteiger partial charge in [-0.05, 0) is 55.9 Å². The van der Waals surface area contributed by atoms with Gasteiger partial charge < -0.3 is 10.1 Å². The van der Waals surface area contributed by atoms with Gasteiger partial charge in [-0.3, -0.25) is 0 Å². The molecule has 0 saturated heterocycles. The summed E-state index contributed by atoms with van der Waals surface area (Å²) >= 11 is 0. The van der Waals surface area contributed by atoms with E-state index < -0.39 is 0 Å². The van der Waals surface area contributed by atoms with Crippen molar-refractivity contribution in [3.63, 3.8) is 0 Å². The van der Waals surface area contributed by atoms with Crippen LogP contribution in [0.1, 0.15) is 59.8 Å². The Labute approximate surface area is 113 Å². The molecule has 1 N–H and O–H groups in total. The van der Waals surface area contributed by atoms with E-state index >= 15 is 0 Å². The summed E-state index contributed by atoms with van der Waals surface area (Å²) in [6.07, 6.45) is 7.11. The fourth-order valence-corrected chi connectivity index (χ4v) is 3.14. The van der Waals surface area contributed by atoms with Crippen molar-refractivity contribution < 1.29 is 4.74 Å². The monoisotopic (exact) mass is 253 g/mol. The number of rotatable bonds is 5. The van der Waals surface area contributed by atoms with Gasteiger partial charge >= 0.3 is 0 Å². The number of nitrogens with one attached hydrogen (secondary N) is 1. The number of ether oxygens (including phenoxy) is 1. The van der Waals surface area contributed by atoms with E-state index in [1.54, 1.807) is 0 Å². The van der Waals surface area contributed by atoms with Crippen molar-refractivity contribution >= 4 is 0 Å². The molecule has 18 heavy (non-hydrogen) atoms. The van der Waals surface area contributed by atoms with E-state index in [1.807, 2.05) is 0 Å². The highest BCUT2D eigenvalue weighted by Gasteiger charge is 2.36. The van der Waals surface area contributed by atoms with Gasteiger partial charge in [-0.15, -0.1) is 0 Å². The van der Waals surface area contributed by atoms with E-state index in [0.717, 1.165) is 25.0 Å². The van der Waals surface area contributed by atoms with Crippen LogP contribution in [0.5, 0.6) is 0 Å². The highest BCUT2D eigenvalue weighted by molar-refractivity contribution is 4.90. The predicted octanol–water partition coefficient (Wildman–Crippen LogP) is 3.61. The van der Waals surface area contributed by atoms with Crippen molar-refractivity contribution in [1.29, 1.82) is 0 Å². The molecule has 2 rings (SSSR count). The lowest BCUT2D eigenvalue weighted by Crippen LogP contribution is -2.47. The molecule has 0 bridgehead atoms. The van der Waals surface area contributed by atoms with Gasteiger partial charge in [0.15, 0.2) is 0 Å². The lowest BCUT2D eigenvalue weighted by atomic mass is 9.70. The molecule has 0 aliphatic heterocycles. The Morgan fingerprint density at radius 3 is 2.39 bits per heavy atom. The third-order valence-electron chi connectivity index (χ3n) is 4.73. The molecule has 2 fully saturated rings. The molecule has 106 valence electrons. The quantitative estimate of drug-likeness (QED) is 0.808. The van der Waals surface area contributed by atoms with Crippen LogP contribution in [0.2, 0.25) is 0 Å². The lowest BCUT2D eigenvalue weighted by molar-refractivity contribution is -0.0314. The van der Waals surface area contributed by atoms with Crippen LogP contribution in [-0.2, 0) is 4.74 Å². The summed E-state index contributed by atoms with van der Waals surface area (Å²) in [5.41, 5.74) is 0.429. The van der Waals surface area contributed by atoms with E-state index in [2.05, 4.69) is 33.0 Å². The predicted molar refractivity (Wildman–Crippen MR) is 76.7 cm³/mol. The zero-order valence-electron chi connectivity index (χ0n) is 12.7. The van der Waals surface area contributed by atoms with Gasteiger partial charge in [0, 0.05) is 12.6 Å². The van der Waals surface area contributed by atoms with Crippen molar-refractivity contribution in [3.05, 3.63) is 0 Å². The summed E-state index contributed by atoms with van der Waals surface area (Å²) < 4.78 is 6.23. The van der Waals surface area contributed by atoms with Crippen LogP contribution in [0.3, 0.4) is 0 Å². The summed E-state index contributed by atoms with van der Waals surface area (Å²) in [5, 5.41) is 3.63. The summed E-state index contributed by atoms with van der Waals surface area (Å²) in [5.74, 6) is 1.69. The molecule has 2 aliphatic carbocycles. The molecule has 3 atom stereocenters. The summed E-state index contributed by atoms with van der Waals surface area (Å²) in [4.78, 5) is 0. The summed E-state index contributed by atoms with van der Waals surface area (Å²) in [6, 6.07) is 0.590. The standard InChI is InChI=1S/C16H31NO/c1-5-17-14-9-8-13(16(2,3)4)10-15(14)18-11-12-6-7-12/h12-15,17H,5-11H2,1-4H3. The molecule has 0 aromatic heterocycles. The molecule has 2 saturated carbocycles. The second-order valence-corrected chi connectivity index (χ2v) is 7.36. The Morgan fingerprint density at radius 1 is 1.11 bits per heavy atom. The number of hydrogen-bond donors (Lipinski definition) is 1. The van der Waals surface area contributed by atoms with E-state index in [9.17, 15) is 0 Å². The SMILES string of the molecule is CCNC1CCC(C(C)(C)C)CC1OCC1CC1. The average molecular weight is 253 g/mol. The molecular formula is C16H31NO. The minimum atomic E-state index is 0.429. The maximum absolute atomic E-state index is 6.23. The van der Waals surface area contributed by atoms with E-state index in [0.29, 0.717) is 17.6 Å². The molecule has 0 spiro atoms. The third kappa shape index (κ3) is 3.96. The first-order valence-electron chi connectivity index (χ1n) is 7.85. The fourth-order valence-electron chi connectivity index (χ4n) is 3.14. The normalized spacial score (nSPS) is 33.7. The van der Waals surface area contributed by atoms with Crippen molar-refractivity contribution in [3.8, 4) is 0 Å². The lowest BCUT2D eigenvalue weighted by Gasteiger charge is -2.42. The van der Waals surface area contributed by atoms with Crippen molar-refractivity contribution in [2.24, 2.45) is 17.3 Å². The molecule has 3 unspecified atom stereocenters. The van der Waals surface area contributed by atoms with Crippen LogP contribution in [-0.4, -0.2) is 25.3 Å². The molecule has 0 heterocycles. The molecule has 0 amide bonds. The van der Waals surface area contributed by atoms with Crippen LogP contribution in [0.15, 0.2) is 0 Å². The van der Waals surface area contributed by atoms with Crippen LogP contribution >= 0.6 is 0 Å². The molecule has 0 aromatic carbocycles. The summed E-state index contributed by atoms with van der Waals surface area (Å²) in [6.45, 7) is 11.4. The van der Waals surface area contributed by atoms with Crippen molar-refractivity contribution in [2.75, 3.05) is 13.2 Å². The smallest absolute Gasteiger partial charge is 0.0731 e. The van der Waals surface area contributed by atoms with Crippen LogP contribution in [0.4, 0.5) is 0 Å². The molecule has 2 aliphatic rings. The fraction of sp³-hybridized carbons (Fsp3) is 1.00. The maximum atomic E-state index is 6.23. The van der Waals surface area contributed by atoms with Crippen LogP contribution in [0, 0.1) is 17.3 Å². The zero-order valence-corrected chi connectivity index (χ0v) is 12.7. The van der Waals surface area contributed by atoms with Crippen molar-refractivity contribution in [2.45, 2.75) is 71.9 Å². The first-order valence-corrected chi connectivity index (χ1v) is 7.85. The van der Waals surface area contributed by atoms with Gasteiger partial charge in [-0.25, -0.2) is 0 Å². The molecule has 0 radical (unpaired) electrons. The topological polar surface area (TPSA) is 21.3 Å². The minimum absolute atomic E-state index is 0.429. The average Bonchev–Trinajstić information content (AvgIpc) is 3.10. The zero-order chi connectivity index (χ0) is 13.2. The van der Waals surface area contributed by atoms with Gasteiger partial charge in [-0.2, -0.15) is 0 Å². The van der Waals surface area contributed by atoms with Crippen LogP contribution in [0.25, 0.3) is 0 Å². The Balaban J connectivity index is 1.88. The Kier molecular flexibility index (Phi) is 4.71. The van der Waals surface area contributed by atoms with Gasteiger partial charge in [0.2, 0.25) is 0 Å². The maximum Gasteiger partial charge on any atom is 0.0731 e. The van der Waals surface area contributed by atoms with E-state index in [-0.39, 0.29) is 0 Å². The Bertz CT molecular complexity index is 254. The number of hydrogen-bond acceptors (Lipinski definition) is 2. The Morgan fingerprint density at radius 2 is 1.83 bits per heavy atom. The Hall–Kier alpha value is -0.0800. The molecule has 0 aromatic rings. The largest absolute Gasteiger partial charge is 0.376 e. The summed E-state index contributed by atoms with van der Waals surface area (Å²) in [7, 11) is 0. The third-order valence-corrected chi connectivity index (χ3v) is 4.73. The molecule has 2 nitrogen and oxygen atoms in total. The van der Waals surface area contributed by atoms with Gasteiger partial charge in [0.1, 0.15) is 0 Å². The van der Waals surface area contributed by atoms with Gasteiger partial charge in [-0.1, -0.05) is 27.7 Å². The minimum Gasteiger partial charge on any atom is -0.376 e. The van der Waals surface area contributed by atoms with Crippen molar-refractivity contribution in [1.82, 2.24) is 5.32 Å².